The van der Waals surface area contributed by atoms with E-state index in [1.54, 1.807) is 0 Å². The maximum absolute atomic E-state index is 16.2. The largest absolute Gasteiger partial charge is 0.435 e. The lowest BCUT2D eigenvalue weighted by atomic mass is 9.91. The van der Waals surface area contributed by atoms with Crippen LogP contribution in [0.3, 0.4) is 0 Å². The van der Waals surface area contributed by atoms with Crippen LogP contribution in [0.2, 0.25) is 0 Å². The molecule has 270 valence electrons. The maximum atomic E-state index is 16.2. The van der Waals surface area contributed by atoms with Crippen LogP contribution in [0, 0.1) is 5.82 Å². The lowest BCUT2D eigenvalue weighted by Gasteiger charge is -2.33. The van der Waals surface area contributed by atoms with E-state index >= 15 is 4.39 Å². The second kappa shape index (κ2) is 14.6. The highest BCUT2D eigenvalue weighted by molar-refractivity contribution is 9.10. The summed E-state index contributed by atoms with van der Waals surface area (Å²) in [4.78, 5) is 50.9. The summed E-state index contributed by atoms with van der Waals surface area (Å²) < 4.78 is 154. The van der Waals surface area contributed by atoms with E-state index in [0.717, 1.165) is 12.1 Å². The smallest absolute Gasteiger partial charge is 0.370 e. The molecule has 3 aromatic rings. The number of hydrogen-bond acceptors (Lipinski definition) is 4. The van der Waals surface area contributed by atoms with Crippen molar-refractivity contribution in [2.45, 2.75) is 37.0 Å². The second-order valence-corrected chi connectivity index (χ2v) is 11.2. The average Bonchev–Trinajstić information content (AvgIpc) is 3.00. The van der Waals surface area contributed by atoms with Crippen LogP contribution in [0.25, 0.3) is 0 Å². The fourth-order valence-corrected chi connectivity index (χ4v) is 5.32. The highest BCUT2D eigenvalue weighted by Crippen LogP contribution is 2.55. The van der Waals surface area contributed by atoms with Gasteiger partial charge in [0.1, 0.15) is 0 Å². The molecule has 0 unspecified atom stereocenters. The molecule has 3 rings (SSSR count). The Balaban J connectivity index is 2.31. The van der Waals surface area contributed by atoms with E-state index in [9.17, 15) is 63.1 Å². The van der Waals surface area contributed by atoms with E-state index in [-0.39, 0.29) is 16.5 Å². The molecule has 4 amide bonds. The number of nitrogens with zero attached hydrogens (tertiary/aromatic N) is 2. The third-order valence-corrected chi connectivity index (χ3v) is 7.60. The summed E-state index contributed by atoms with van der Waals surface area (Å²) in [6.45, 7) is -1.73. The predicted molar refractivity (Wildman–Crippen MR) is 158 cm³/mol. The van der Waals surface area contributed by atoms with Gasteiger partial charge < -0.3 is 21.3 Å². The van der Waals surface area contributed by atoms with Crippen LogP contribution in [-0.4, -0.2) is 49.1 Å². The number of hydrogen-bond donors (Lipinski definition) is 2. The van der Waals surface area contributed by atoms with Crippen LogP contribution < -0.4 is 21.3 Å². The third kappa shape index (κ3) is 8.16. The summed E-state index contributed by atoms with van der Waals surface area (Å²) in [5.41, 5.74) is -4.48. The van der Waals surface area contributed by atoms with Gasteiger partial charge in [-0.25, -0.2) is 8.78 Å². The number of anilines is 2. The van der Waals surface area contributed by atoms with Crippen molar-refractivity contribution in [2.24, 2.45) is 11.5 Å². The molecule has 0 fully saturated rings. The van der Waals surface area contributed by atoms with E-state index in [2.05, 4.69) is 15.9 Å². The minimum Gasteiger partial charge on any atom is -0.370 e. The first-order valence-corrected chi connectivity index (χ1v) is 14.5. The van der Waals surface area contributed by atoms with Crippen LogP contribution in [0.4, 0.5) is 59.7 Å². The molecule has 0 atom stereocenters. The van der Waals surface area contributed by atoms with Crippen molar-refractivity contribution in [1.82, 2.24) is 0 Å². The van der Waals surface area contributed by atoms with E-state index in [0.29, 0.717) is 11.0 Å². The monoisotopic (exact) mass is 790 g/mol. The van der Waals surface area contributed by atoms with E-state index in [1.807, 2.05) is 0 Å². The molecule has 0 spiro atoms. The lowest BCUT2D eigenvalue weighted by Crippen LogP contribution is -2.50. The van der Waals surface area contributed by atoms with E-state index < -0.39 is 118 Å². The number of nitrogens with two attached hydrogens (primary N) is 2. The average molecular weight is 791 g/mol. The summed E-state index contributed by atoms with van der Waals surface area (Å²) in [6.07, 6.45) is -21.1. The third-order valence-electron chi connectivity index (χ3n) is 6.99. The van der Waals surface area contributed by atoms with Gasteiger partial charge in [-0.1, -0.05) is 24.3 Å². The van der Waals surface area contributed by atoms with Gasteiger partial charge in [-0.05, 0) is 52.3 Å². The zero-order valence-electron chi connectivity index (χ0n) is 24.8. The van der Waals surface area contributed by atoms with Crippen LogP contribution >= 0.6 is 15.9 Å². The Morgan fingerprint density at radius 2 is 1.20 bits per heavy atom. The molecule has 0 saturated carbocycles. The van der Waals surface area contributed by atoms with Crippen LogP contribution in [0.1, 0.15) is 44.7 Å². The molecule has 0 aliphatic carbocycles. The van der Waals surface area contributed by atoms with Crippen molar-refractivity contribution in [1.29, 1.82) is 0 Å². The van der Waals surface area contributed by atoms with Crippen molar-refractivity contribution < 1.29 is 67.5 Å². The molecule has 20 heteroatoms. The molecule has 0 aliphatic rings. The van der Waals surface area contributed by atoms with Crippen molar-refractivity contribution >= 4 is 50.9 Å². The van der Waals surface area contributed by atoms with Crippen molar-refractivity contribution in [3.63, 3.8) is 0 Å². The summed E-state index contributed by atoms with van der Waals surface area (Å²) in [5.74, 6) is -6.48. The summed E-state index contributed by atoms with van der Waals surface area (Å²) in [6, 6.07) is 8.51. The Hall–Kier alpha value is -4.75. The number of carbonyl (C=O) groups excluding carboxylic acids is 4. The molecule has 8 nitrogen and oxygen atoms in total. The lowest BCUT2D eigenvalue weighted by molar-refractivity contribution is -0.348. The van der Waals surface area contributed by atoms with Crippen molar-refractivity contribution in [3.05, 3.63) is 93.2 Å². The summed E-state index contributed by atoms with van der Waals surface area (Å²) in [7, 11) is 0. The zero-order chi connectivity index (χ0) is 38.0. The number of carbonyl (C=O) groups is 4. The van der Waals surface area contributed by atoms with E-state index in [4.69, 9.17) is 11.5 Å². The Bertz CT molecular complexity index is 1770. The molecule has 0 saturated heterocycles. The van der Waals surface area contributed by atoms with Gasteiger partial charge in [0.2, 0.25) is 11.8 Å². The fraction of sp³-hybridized carbons (Fsp3) is 0.267. The van der Waals surface area contributed by atoms with Gasteiger partial charge >= 0.3 is 24.2 Å². The summed E-state index contributed by atoms with van der Waals surface area (Å²) >= 11 is 2.40. The van der Waals surface area contributed by atoms with Gasteiger partial charge in [0.25, 0.3) is 11.8 Å². The standard InChI is InChI=1S/C30H22BrF11N4O4/c31-19-14-16(27(33,29(37,38)39)30(40,41)42)13-18(28(34,35)36)24(19)46(12-10-22(44)48)26(50)17-7-4-8-20(23(17)32)45(11-9-21(43)47)25(49)15-5-2-1-3-6-15/h1-8,13-14H,9-12H2,(H2,43,47)(H2,44,48). The topological polar surface area (TPSA) is 127 Å². The molecule has 50 heavy (non-hydrogen) atoms. The van der Waals surface area contributed by atoms with Crippen molar-refractivity contribution in [2.75, 3.05) is 22.9 Å². The number of amides is 4. The number of alkyl halides is 10. The molecular formula is C30H22BrF11N4O4. The first-order valence-electron chi connectivity index (χ1n) is 13.7. The Labute approximate surface area is 282 Å². The molecule has 0 bridgehead atoms. The quantitative estimate of drug-likeness (QED) is 0.204. The minimum atomic E-state index is -6.82. The molecule has 0 radical (unpaired) electrons. The number of benzene rings is 3. The molecule has 4 N–H and O–H groups in total. The molecule has 0 aromatic heterocycles. The van der Waals surface area contributed by atoms with Gasteiger partial charge in [-0.15, -0.1) is 0 Å². The highest BCUT2D eigenvalue weighted by atomic mass is 79.9. The first-order chi connectivity index (χ1) is 22.9. The highest BCUT2D eigenvalue weighted by Gasteiger charge is 2.73. The molecule has 3 aromatic carbocycles. The van der Waals surface area contributed by atoms with Crippen LogP contribution in [0.5, 0.6) is 0 Å². The van der Waals surface area contributed by atoms with Gasteiger partial charge in [-0.2, -0.15) is 39.5 Å². The second-order valence-electron chi connectivity index (χ2n) is 10.4. The Kier molecular flexibility index (Phi) is 11.6. The summed E-state index contributed by atoms with van der Waals surface area (Å²) in [5, 5.41) is 0. The van der Waals surface area contributed by atoms with E-state index in [1.165, 1.54) is 30.3 Å². The number of rotatable bonds is 11. The molecule has 0 aliphatic heterocycles. The van der Waals surface area contributed by atoms with Gasteiger partial charge in [0, 0.05) is 41.5 Å². The SMILES string of the molecule is NC(=O)CCN(C(=O)c1ccccc1)c1cccc(C(=O)N(CCC(N)=O)c2c(Br)cc(C(F)(C(F)(F)F)C(F)(F)F)cc2C(F)(F)F)c1F. The van der Waals surface area contributed by atoms with Gasteiger partial charge in [0.15, 0.2) is 5.82 Å². The normalized spacial score (nSPS) is 12.4. The van der Waals surface area contributed by atoms with Crippen LogP contribution in [0.15, 0.2) is 65.1 Å². The first kappa shape index (κ1) is 39.7. The van der Waals surface area contributed by atoms with Crippen molar-refractivity contribution in [3.8, 4) is 0 Å². The fourth-order valence-electron chi connectivity index (χ4n) is 4.64. The molecule has 0 heterocycles. The van der Waals surface area contributed by atoms with Gasteiger partial charge in [-0.3, -0.25) is 19.2 Å². The maximum Gasteiger partial charge on any atom is 0.435 e. The number of primary amides is 2. The molecular weight excluding hydrogens is 769 g/mol. The number of halogens is 12. The van der Waals surface area contributed by atoms with Gasteiger partial charge in [0.05, 0.1) is 22.5 Å². The minimum absolute atomic E-state index is 0.0164. The van der Waals surface area contributed by atoms with Crippen LogP contribution in [-0.2, 0) is 21.4 Å². The Morgan fingerprint density at radius 3 is 1.68 bits per heavy atom. The zero-order valence-corrected chi connectivity index (χ0v) is 26.4. The predicted octanol–water partition coefficient (Wildman–Crippen LogP) is 6.94. The Morgan fingerprint density at radius 1 is 0.680 bits per heavy atom.